The molecule has 0 bridgehead atoms. The van der Waals surface area contributed by atoms with Crippen molar-refractivity contribution < 1.29 is 33.8 Å². The third-order valence-electron chi connectivity index (χ3n) is 3.55. The number of carbonyl (C=O) groups excluding carboxylic acids is 1. The molecule has 0 saturated heterocycles. The van der Waals surface area contributed by atoms with Crippen molar-refractivity contribution in [2.24, 2.45) is 0 Å². The van der Waals surface area contributed by atoms with Crippen molar-refractivity contribution in [3.63, 3.8) is 0 Å². The van der Waals surface area contributed by atoms with Crippen molar-refractivity contribution in [1.82, 2.24) is 0 Å². The van der Waals surface area contributed by atoms with Crippen molar-refractivity contribution in [1.29, 1.82) is 0 Å². The van der Waals surface area contributed by atoms with Crippen LogP contribution < -0.4 is 10.2 Å². The monoisotopic (exact) mass is 432 g/mol. The van der Waals surface area contributed by atoms with Gasteiger partial charge in [0.25, 0.3) is 0 Å². The van der Waals surface area contributed by atoms with Gasteiger partial charge >= 0.3 is 17.9 Å². The fourth-order valence-corrected chi connectivity index (χ4v) is 2.97. The second-order valence-electron chi connectivity index (χ2n) is 5.30. The van der Waals surface area contributed by atoms with Gasteiger partial charge in [-0.05, 0) is 11.5 Å². The molecule has 0 unspecified atom stereocenters. The predicted octanol–water partition coefficient (Wildman–Crippen LogP) is 3.17. The van der Waals surface area contributed by atoms with Gasteiger partial charge in [-0.2, -0.15) is 0 Å². The normalized spacial score (nSPS) is 10.6. The Labute approximate surface area is 158 Å². The first-order valence-corrected chi connectivity index (χ1v) is 8.12. The van der Waals surface area contributed by atoms with Crippen molar-refractivity contribution in [3.05, 3.63) is 74.2 Å². The highest BCUT2D eigenvalue weighted by Gasteiger charge is 2.23. The lowest BCUT2D eigenvalue weighted by molar-refractivity contribution is 0.0638. The number of carbonyl (C=O) groups is 3. The van der Waals surface area contributed by atoms with Gasteiger partial charge in [0.15, 0.2) is 11.2 Å². The van der Waals surface area contributed by atoms with E-state index in [0.29, 0.717) is 21.3 Å². The molecular weight excluding hydrogens is 424 g/mol. The van der Waals surface area contributed by atoms with Crippen molar-refractivity contribution >= 4 is 44.6 Å². The van der Waals surface area contributed by atoms with Crippen LogP contribution in [0.2, 0.25) is 0 Å². The first-order chi connectivity index (χ1) is 12.8. The molecule has 1 aromatic heterocycles. The van der Waals surface area contributed by atoms with E-state index >= 15 is 0 Å². The van der Waals surface area contributed by atoms with Crippen molar-refractivity contribution in [2.45, 2.75) is 0 Å². The molecule has 8 nitrogen and oxygen atoms in total. The maximum atomic E-state index is 12.4. The summed E-state index contributed by atoms with van der Waals surface area (Å²) in [5.41, 5.74) is -1.07. The van der Waals surface area contributed by atoms with Gasteiger partial charge < -0.3 is 19.4 Å². The zero-order valence-corrected chi connectivity index (χ0v) is 14.8. The van der Waals surface area contributed by atoms with Gasteiger partial charge in [0.05, 0.1) is 0 Å². The van der Waals surface area contributed by atoms with Crippen LogP contribution in [0.4, 0.5) is 0 Å². The first-order valence-electron chi connectivity index (χ1n) is 7.33. The number of benzene rings is 2. The molecule has 3 rings (SSSR count). The Balaban J connectivity index is 2.14. The van der Waals surface area contributed by atoms with Gasteiger partial charge in [0, 0.05) is 22.0 Å². The van der Waals surface area contributed by atoms with Gasteiger partial charge in [-0.15, -0.1) is 0 Å². The number of carboxylic acids is 2. The van der Waals surface area contributed by atoms with Gasteiger partial charge in [-0.25, -0.2) is 14.4 Å². The average molecular weight is 433 g/mol. The number of carboxylic acid groups (broad SMARTS) is 2. The van der Waals surface area contributed by atoms with E-state index in [1.54, 1.807) is 24.3 Å². The van der Waals surface area contributed by atoms with Crippen LogP contribution >= 0.6 is 15.9 Å². The summed E-state index contributed by atoms with van der Waals surface area (Å²) in [7, 11) is 0. The summed E-state index contributed by atoms with van der Waals surface area (Å²) in [6.07, 6.45) is 0. The summed E-state index contributed by atoms with van der Waals surface area (Å²) in [4.78, 5) is 46.5. The molecular formula is C18H9BrO8. The molecule has 0 aliphatic carbocycles. The highest BCUT2D eigenvalue weighted by Crippen LogP contribution is 2.36. The Morgan fingerprint density at radius 2 is 1.56 bits per heavy atom. The standard InChI is InChI=1S/C18H9BrO8/c19-12-7-11(16(21)22)15(10-4-2-1-3-9(10)12)27-18(25)14-6-8(20)5-13(26-14)17(23)24/h1-7H,(H,21,22)(H,23,24). The molecule has 2 aromatic carbocycles. The summed E-state index contributed by atoms with van der Waals surface area (Å²) < 4.78 is 10.5. The van der Waals surface area contributed by atoms with E-state index in [1.807, 2.05) is 0 Å². The number of hydrogen-bond donors (Lipinski definition) is 2. The molecule has 2 N–H and O–H groups in total. The summed E-state index contributed by atoms with van der Waals surface area (Å²) >= 11 is 3.27. The lowest BCUT2D eigenvalue weighted by Crippen LogP contribution is -2.16. The maximum Gasteiger partial charge on any atom is 0.379 e. The molecule has 0 aliphatic rings. The molecule has 1 heterocycles. The largest absolute Gasteiger partial charge is 0.478 e. The number of hydrogen-bond acceptors (Lipinski definition) is 6. The van der Waals surface area contributed by atoms with E-state index in [2.05, 4.69) is 15.9 Å². The van der Waals surface area contributed by atoms with Crippen LogP contribution in [0.25, 0.3) is 10.8 Å². The van der Waals surface area contributed by atoms with Crippen molar-refractivity contribution in [3.8, 4) is 5.75 Å². The molecule has 0 amide bonds. The highest BCUT2D eigenvalue weighted by molar-refractivity contribution is 9.10. The lowest BCUT2D eigenvalue weighted by Gasteiger charge is -2.12. The number of rotatable bonds is 4. The van der Waals surface area contributed by atoms with Gasteiger partial charge in [-0.3, -0.25) is 4.79 Å². The Morgan fingerprint density at radius 1 is 0.926 bits per heavy atom. The Hall–Kier alpha value is -3.46. The smallest absolute Gasteiger partial charge is 0.379 e. The number of halogens is 1. The molecule has 9 heteroatoms. The van der Waals surface area contributed by atoms with E-state index < -0.39 is 34.9 Å². The number of aromatic carboxylic acids is 2. The summed E-state index contributed by atoms with van der Waals surface area (Å²) in [5.74, 6) is -5.75. The van der Waals surface area contributed by atoms with Crippen LogP contribution in [0.5, 0.6) is 5.75 Å². The SMILES string of the molecule is O=C(O)c1cc(=O)cc(C(=O)Oc2c(C(=O)O)cc(Br)c3ccccc23)o1. The number of esters is 1. The maximum absolute atomic E-state index is 12.4. The molecule has 0 radical (unpaired) electrons. The van der Waals surface area contributed by atoms with E-state index in [0.717, 1.165) is 6.07 Å². The second kappa shape index (κ2) is 7.04. The van der Waals surface area contributed by atoms with E-state index in [1.165, 1.54) is 6.07 Å². The number of fused-ring (bicyclic) bond motifs is 1. The zero-order chi connectivity index (χ0) is 19.7. The zero-order valence-electron chi connectivity index (χ0n) is 13.3. The number of ether oxygens (including phenoxy) is 1. The van der Waals surface area contributed by atoms with Crippen LogP contribution in [0.3, 0.4) is 0 Å². The molecule has 27 heavy (non-hydrogen) atoms. The van der Waals surface area contributed by atoms with Crippen LogP contribution in [-0.2, 0) is 0 Å². The van der Waals surface area contributed by atoms with Crippen LogP contribution in [0.1, 0.15) is 31.5 Å². The molecule has 0 atom stereocenters. The minimum Gasteiger partial charge on any atom is -0.478 e. The van der Waals surface area contributed by atoms with Gasteiger partial charge in [0.1, 0.15) is 5.56 Å². The summed E-state index contributed by atoms with van der Waals surface area (Å²) in [5, 5.41) is 19.3. The first kappa shape index (κ1) is 18.3. The summed E-state index contributed by atoms with van der Waals surface area (Å²) in [6.45, 7) is 0. The van der Waals surface area contributed by atoms with E-state index in [-0.39, 0.29) is 11.3 Å². The van der Waals surface area contributed by atoms with Crippen molar-refractivity contribution in [2.75, 3.05) is 0 Å². The Morgan fingerprint density at radius 3 is 2.19 bits per heavy atom. The molecule has 3 aromatic rings. The van der Waals surface area contributed by atoms with Crippen LogP contribution in [0.15, 0.2) is 56.1 Å². The fourth-order valence-electron chi connectivity index (χ4n) is 2.40. The van der Waals surface area contributed by atoms with E-state index in [4.69, 9.17) is 14.3 Å². The summed E-state index contributed by atoms with van der Waals surface area (Å²) in [6, 6.07) is 9.33. The molecule has 0 fully saturated rings. The molecule has 136 valence electrons. The van der Waals surface area contributed by atoms with E-state index in [9.17, 15) is 24.3 Å². The second-order valence-corrected chi connectivity index (χ2v) is 6.16. The minimum absolute atomic E-state index is 0.255. The van der Waals surface area contributed by atoms with Gasteiger partial charge in [0.2, 0.25) is 11.5 Å². The molecule has 0 spiro atoms. The van der Waals surface area contributed by atoms with Crippen LogP contribution in [0, 0.1) is 0 Å². The van der Waals surface area contributed by atoms with Crippen LogP contribution in [-0.4, -0.2) is 28.1 Å². The highest BCUT2D eigenvalue weighted by atomic mass is 79.9. The Kier molecular flexibility index (Phi) is 4.78. The molecule has 0 saturated carbocycles. The minimum atomic E-state index is -1.54. The topological polar surface area (TPSA) is 131 Å². The van der Waals surface area contributed by atoms with Gasteiger partial charge in [-0.1, -0.05) is 40.2 Å². The predicted molar refractivity (Wildman–Crippen MR) is 95.5 cm³/mol. The third-order valence-corrected chi connectivity index (χ3v) is 4.20. The Bertz CT molecular complexity index is 1160. The quantitative estimate of drug-likeness (QED) is 0.474. The average Bonchev–Trinajstić information content (AvgIpc) is 2.63. The lowest BCUT2D eigenvalue weighted by atomic mass is 10.1. The fraction of sp³-hybridized carbons (Fsp3) is 0. The third kappa shape index (κ3) is 3.58. The molecule has 0 aliphatic heterocycles.